The molecule has 0 heterocycles. The fourth-order valence-electron chi connectivity index (χ4n) is 4.22. The molecular formula is C32H32ClNO6S. The average molecular weight is 594 g/mol. The van der Waals surface area contributed by atoms with E-state index in [9.17, 15) is 18.3 Å². The van der Waals surface area contributed by atoms with Crippen LogP contribution in [0, 0.1) is 0 Å². The lowest BCUT2D eigenvalue weighted by atomic mass is 10.1. The van der Waals surface area contributed by atoms with E-state index in [0.717, 1.165) is 24.0 Å². The third kappa shape index (κ3) is 8.65. The smallest absolute Gasteiger partial charge is 0.338 e. The molecule has 0 aliphatic heterocycles. The fraction of sp³-hybridized carbons (Fsp3) is 0.219. The Hall–Kier alpha value is -3.69. The van der Waals surface area contributed by atoms with E-state index in [2.05, 4.69) is 5.32 Å². The van der Waals surface area contributed by atoms with Crippen molar-refractivity contribution in [3.05, 3.63) is 119 Å². The van der Waals surface area contributed by atoms with E-state index in [1.54, 1.807) is 61.5 Å². The van der Waals surface area contributed by atoms with Crippen molar-refractivity contribution in [1.82, 2.24) is 5.32 Å². The zero-order chi connectivity index (χ0) is 29.2. The lowest BCUT2D eigenvalue weighted by Crippen LogP contribution is -2.31. The average Bonchev–Trinajstić information content (AvgIpc) is 2.96. The summed E-state index contributed by atoms with van der Waals surface area (Å²) >= 11 is 5.99. The minimum atomic E-state index is -3.71. The Morgan fingerprint density at radius 2 is 1.56 bits per heavy atom. The molecule has 0 fully saturated rings. The maximum absolute atomic E-state index is 13.2. The van der Waals surface area contributed by atoms with E-state index in [-0.39, 0.29) is 16.4 Å². The van der Waals surface area contributed by atoms with Crippen LogP contribution in [0.25, 0.3) is 0 Å². The topological polar surface area (TPSA) is 102 Å². The molecule has 1 unspecified atom stereocenters. The van der Waals surface area contributed by atoms with E-state index in [4.69, 9.17) is 21.1 Å². The highest BCUT2D eigenvalue weighted by atomic mass is 35.5. The molecule has 1 atom stereocenters. The summed E-state index contributed by atoms with van der Waals surface area (Å²) in [4.78, 5) is 12.3. The third-order valence-electron chi connectivity index (χ3n) is 6.29. The van der Waals surface area contributed by atoms with Gasteiger partial charge in [-0.1, -0.05) is 41.9 Å². The highest BCUT2D eigenvalue weighted by Crippen LogP contribution is 2.27. The Labute approximate surface area is 245 Å². The van der Waals surface area contributed by atoms with Gasteiger partial charge in [-0.2, -0.15) is 0 Å². The molecule has 0 aliphatic rings. The summed E-state index contributed by atoms with van der Waals surface area (Å²) in [6.45, 7) is 2.63. The van der Waals surface area contributed by atoms with Gasteiger partial charge in [-0.15, -0.1) is 0 Å². The first-order valence-electron chi connectivity index (χ1n) is 13.3. The predicted molar refractivity (Wildman–Crippen MR) is 158 cm³/mol. The van der Waals surface area contributed by atoms with Gasteiger partial charge < -0.3 is 14.6 Å². The van der Waals surface area contributed by atoms with Crippen LogP contribution in [0.2, 0.25) is 5.02 Å². The third-order valence-corrected chi connectivity index (χ3v) is 8.31. The number of aliphatic hydroxyl groups is 1. The molecule has 4 rings (SSSR count). The largest absolute Gasteiger partial charge is 0.462 e. The molecule has 2 N–H and O–H groups in total. The fourth-order valence-corrected chi connectivity index (χ4v) is 5.69. The number of carbonyl (C=O) groups is 1. The van der Waals surface area contributed by atoms with Crippen molar-refractivity contribution in [3.63, 3.8) is 0 Å². The SMILES string of the molecule is CCOC(=O)c1cccc(Oc2ccc(S(=O)(=O)c3ccc(CCCNC(O)Cc4cccc(Cl)c4)cc3)cc2)c1. The summed E-state index contributed by atoms with van der Waals surface area (Å²) in [7, 11) is -3.71. The highest BCUT2D eigenvalue weighted by Gasteiger charge is 2.18. The maximum Gasteiger partial charge on any atom is 0.338 e. The van der Waals surface area contributed by atoms with Crippen molar-refractivity contribution in [2.45, 2.75) is 42.2 Å². The van der Waals surface area contributed by atoms with Crippen molar-refractivity contribution in [3.8, 4) is 11.5 Å². The molecule has 0 radical (unpaired) electrons. The molecule has 0 bridgehead atoms. The number of benzene rings is 4. The number of aryl methyl sites for hydroxylation is 1. The summed E-state index contributed by atoms with van der Waals surface area (Å²) in [5, 5.41) is 14.0. The van der Waals surface area contributed by atoms with Gasteiger partial charge in [-0.05, 0) is 104 Å². The molecular weight excluding hydrogens is 562 g/mol. The summed E-state index contributed by atoms with van der Waals surface area (Å²) in [5.74, 6) is 0.435. The Kier molecular flexibility index (Phi) is 10.5. The molecule has 4 aromatic carbocycles. The van der Waals surface area contributed by atoms with E-state index >= 15 is 0 Å². The molecule has 41 heavy (non-hydrogen) atoms. The summed E-state index contributed by atoms with van der Waals surface area (Å²) < 4.78 is 37.1. The first-order chi connectivity index (χ1) is 19.7. The Balaban J connectivity index is 1.29. The van der Waals surface area contributed by atoms with Gasteiger partial charge in [0.05, 0.1) is 22.0 Å². The van der Waals surface area contributed by atoms with Crippen molar-refractivity contribution in [2.75, 3.05) is 13.2 Å². The lowest BCUT2D eigenvalue weighted by molar-refractivity contribution is 0.0526. The summed E-state index contributed by atoms with van der Waals surface area (Å²) in [6.07, 6.45) is 1.30. The van der Waals surface area contributed by atoms with Crippen molar-refractivity contribution in [1.29, 1.82) is 0 Å². The molecule has 0 saturated carbocycles. The van der Waals surface area contributed by atoms with Gasteiger partial charge in [0.2, 0.25) is 9.84 Å². The number of ether oxygens (including phenoxy) is 2. The van der Waals surface area contributed by atoms with Gasteiger partial charge in [-0.25, -0.2) is 13.2 Å². The minimum absolute atomic E-state index is 0.149. The van der Waals surface area contributed by atoms with Crippen molar-refractivity contribution >= 4 is 27.4 Å². The van der Waals surface area contributed by atoms with Gasteiger partial charge in [0.25, 0.3) is 0 Å². The number of aliphatic hydroxyl groups excluding tert-OH is 1. The Morgan fingerprint density at radius 1 is 0.878 bits per heavy atom. The molecule has 4 aromatic rings. The quantitative estimate of drug-likeness (QED) is 0.108. The van der Waals surface area contributed by atoms with Crippen LogP contribution >= 0.6 is 11.6 Å². The van der Waals surface area contributed by atoms with Crippen LogP contribution in [0.1, 0.15) is 34.8 Å². The number of sulfone groups is 1. The Bertz CT molecular complexity index is 1560. The second kappa shape index (κ2) is 14.3. The summed E-state index contributed by atoms with van der Waals surface area (Å²) in [5.41, 5.74) is 2.33. The molecule has 9 heteroatoms. The highest BCUT2D eigenvalue weighted by molar-refractivity contribution is 7.91. The zero-order valence-corrected chi connectivity index (χ0v) is 24.2. The molecule has 0 spiro atoms. The van der Waals surface area contributed by atoms with Gasteiger partial charge in [-0.3, -0.25) is 5.32 Å². The monoisotopic (exact) mass is 593 g/mol. The molecule has 0 aromatic heterocycles. The van der Waals surface area contributed by atoms with Crippen molar-refractivity contribution in [2.24, 2.45) is 0 Å². The normalized spacial score (nSPS) is 12.1. The van der Waals surface area contributed by atoms with Gasteiger partial charge in [0.15, 0.2) is 0 Å². The van der Waals surface area contributed by atoms with Crippen molar-refractivity contribution < 1.29 is 27.8 Å². The molecule has 7 nitrogen and oxygen atoms in total. The second-order valence-electron chi connectivity index (χ2n) is 9.38. The van der Waals surface area contributed by atoms with Crippen LogP contribution in [0.5, 0.6) is 11.5 Å². The predicted octanol–water partition coefficient (Wildman–Crippen LogP) is 6.23. The maximum atomic E-state index is 13.2. The van der Waals surface area contributed by atoms with Gasteiger partial charge in [0, 0.05) is 11.4 Å². The number of carbonyl (C=O) groups excluding carboxylic acids is 1. The molecule has 0 amide bonds. The van der Waals surface area contributed by atoms with E-state index in [1.807, 2.05) is 30.3 Å². The van der Waals surface area contributed by atoms with E-state index in [0.29, 0.717) is 35.1 Å². The number of nitrogens with one attached hydrogen (secondary N) is 1. The number of rotatable bonds is 13. The minimum Gasteiger partial charge on any atom is -0.462 e. The van der Waals surface area contributed by atoms with Crippen LogP contribution in [-0.2, 0) is 27.4 Å². The van der Waals surface area contributed by atoms with Crippen LogP contribution < -0.4 is 10.1 Å². The lowest BCUT2D eigenvalue weighted by Gasteiger charge is -2.13. The van der Waals surface area contributed by atoms with Crippen LogP contribution in [0.15, 0.2) is 107 Å². The first kappa shape index (κ1) is 30.3. The van der Waals surface area contributed by atoms with Crippen LogP contribution in [0.4, 0.5) is 0 Å². The summed E-state index contributed by atoms with van der Waals surface area (Å²) in [6, 6.07) is 27.0. The van der Waals surface area contributed by atoms with E-state index in [1.165, 1.54) is 12.1 Å². The second-order valence-corrected chi connectivity index (χ2v) is 11.8. The standard InChI is InChI=1S/C32H32ClNO6S/c1-2-39-32(36)25-8-4-10-28(22-25)40-27-13-17-30(18-14-27)41(37,38)29-15-11-23(12-16-29)7-5-19-34-31(35)21-24-6-3-9-26(33)20-24/h3-4,6,8-18,20,22,31,34-35H,2,5,7,19,21H2,1H3. The molecule has 214 valence electrons. The number of halogens is 1. The van der Waals surface area contributed by atoms with Crippen LogP contribution in [-0.4, -0.2) is 38.9 Å². The van der Waals surface area contributed by atoms with Crippen LogP contribution in [0.3, 0.4) is 0 Å². The zero-order valence-electron chi connectivity index (χ0n) is 22.6. The van der Waals surface area contributed by atoms with Gasteiger partial charge in [0.1, 0.15) is 17.7 Å². The molecule has 0 saturated heterocycles. The number of esters is 1. The van der Waals surface area contributed by atoms with Gasteiger partial charge >= 0.3 is 5.97 Å². The Morgan fingerprint density at radius 3 is 2.24 bits per heavy atom. The van der Waals surface area contributed by atoms with E-state index < -0.39 is 22.0 Å². The number of hydrogen-bond donors (Lipinski definition) is 2. The first-order valence-corrected chi connectivity index (χ1v) is 15.2. The molecule has 0 aliphatic carbocycles. The number of hydrogen-bond acceptors (Lipinski definition) is 7.